The molecule has 0 aromatic heterocycles. The van der Waals surface area contributed by atoms with Crippen LogP contribution in [0.2, 0.25) is 0 Å². The summed E-state index contributed by atoms with van der Waals surface area (Å²) in [7, 11) is 0. The maximum Gasteiger partial charge on any atom is 0.130 e. The second-order valence-electron chi connectivity index (χ2n) is 5.17. The molecule has 21 heavy (non-hydrogen) atoms. The van der Waals surface area contributed by atoms with Crippen LogP contribution in [0.25, 0.3) is 5.57 Å². The fourth-order valence-electron chi connectivity index (χ4n) is 2.53. The number of fused-ring (bicyclic) bond motifs is 1. The lowest BCUT2D eigenvalue weighted by atomic mass is 9.92. The van der Waals surface area contributed by atoms with E-state index in [1.807, 2.05) is 6.92 Å². The molecule has 0 saturated heterocycles. The fourth-order valence-corrected chi connectivity index (χ4v) is 2.53. The lowest BCUT2D eigenvalue weighted by Crippen LogP contribution is -2.26. The van der Waals surface area contributed by atoms with Gasteiger partial charge < -0.3 is 10.5 Å². The van der Waals surface area contributed by atoms with E-state index in [1.54, 1.807) is 18.2 Å². The van der Waals surface area contributed by atoms with Crippen molar-refractivity contribution in [2.45, 2.75) is 19.4 Å². The van der Waals surface area contributed by atoms with Crippen molar-refractivity contribution in [1.29, 1.82) is 0 Å². The highest BCUT2D eigenvalue weighted by atomic mass is 19.1. The van der Waals surface area contributed by atoms with Gasteiger partial charge >= 0.3 is 0 Å². The first-order valence-electron chi connectivity index (χ1n) is 6.75. The van der Waals surface area contributed by atoms with Gasteiger partial charge in [0.15, 0.2) is 0 Å². The van der Waals surface area contributed by atoms with Crippen molar-refractivity contribution < 1.29 is 13.5 Å². The Balaban J connectivity index is 2.11. The predicted octanol–water partition coefficient (Wildman–Crippen LogP) is 3.66. The second-order valence-corrected chi connectivity index (χ2v) is 5.17. The summed E-state index contributed by atoms with van der Waals surface area (Å²) in [5.41, 5.74) is 8.20. The molecule has 0 aliphatic carbocycles. The van der Waals surface area contributed by atoms with Gasteiger partial charge in [0.1, 0.15) is 23.1 Å². The molecule has 108 valence electrons. The summed E-state index contributed by atoms with van der Waals surface area (Å²) in [6, 6.07) is 10.3. The van der Waals surface area contributed by atoms with Crippen LogP contribution in [0.1, 0.15) is 18.1 Å². The van der Waals surface area contributed by atoms with E-state index >= 15 is 0 Å². The monoisotopic (exact) mass is 287 g/mol. The molecule has 0 radical (unpaired) electrons. The van der Waals surface area contributed by atoms with Gasteiger partial charge in [-0.15, -0.1) is 0 Å². The van der Waals surface area contributed by atoms with Crippen LogP contribution in [-0.2, 0) is 6.42 Å². The van der Waals surface area contributed by atoms with E-state index in [0.29, 0.717) is 23.5 Å². The van der Waals surface area contributed by atoms with Gasteiger partial charge in [-0.3, -0.25) is 0 Å². The normalized spacial score (nSPS) is 15.4. The summed E-state index contributed by atoms with van der Waals surface area (Å²) in [5, 5.41) is 0. The van der Waals surface area contributed by atoms with E-state index in [2.05, 4.69) is 0 Å². The molecular formula is C17H15F2NO. The predicted molar refractivity (Wildman–Crippen MR) is 77.7 cm³/mol. The number of rotatable bonds is 2. The molecule has 0 amide bonds. The van der Waals surface area contributed by atoms with E-state index in [1.165, 1.54) is 24.3 Å². The van der Waals surface area contributed by atoms with Gasteiger partial charge in [-0.05, 0) is 42.8 Å². The highest BCUT2D eigenvalue weighted by Crippen LogP contribution is 2.36. The van der Waals surface area contributed by atoms with Crippen molar-refractivity contribution in [3.8, 4) is 5.75 Å². The third-order valence-corrected chi connectivity index (χ3v) is 3.49. The number of nitrogens with two attached hydrogens (primary N) is 1. The average molecular weight is 287 g/mol. The van der Waals surface area contributed by atoms with Crippen LogP contribution in [0.15, 0.2) is 48.2 Å². The summed E-state index contributed by atoms with van der Waals surface area (Å²) in [6.07, 6.45) is 0.466. The molecular weight excluding hydrogens is 272 g/mol. The number of hydrogen-bond acceptors (Lipinski definition) is 2. The third-order valence-electron chi connectivity index (χ3n) is 3.49. The molecule has 0 spiro atoms. The van der Waals surface area contributed by atoms with Crippen molar-refractivity contribution in [2.24, 2.45) is 5.73 Å². The Bertz CT molecular complexity index is 722. The van der Waals surface area contributed by atoms with Gasteiger partial charge in [-0.2, -0.15) is 0 Å². The molecule has 0 bridgehead atoms. The van der Waals surface area contributed by atoms with Crippen molar-refractivity contribution in [2.75, 3.05) is 0 Å². The largest absolute Gasteiger partial charge is 0.459 e. The Morgan fingerprint density at radius 2 is 1.86 bits per heavy atom. The summed E-state index contributed by atoms with van der Waals surface area (Å²) in [4.78, 5) is 0. The first-order valence-corrected chi connectivity index (χ1v) is 6.75. The summed E-state index contributed by atoms with van der Waals surface area (Å²) in [5.74, 6) is 0.554. The molecule has 1 aliphatic heterocycles. The second kappa shape index (κ2) is 5.30. The van der Waals surface area contributed by atoms with E-state index in [0.717, 1.165) is 11.1 Å². The number of ether oxygens (including phenoxy) is 1. The zero-order valence-corrected chi connectivity index (χ0v) is 11.6. The minimum Gasteiger partial charge on any atom is -0.459 e. The van der Waals surface area contributed by atoms with Crippen LogP contribution >= 0.6 is 0 Å². The van der Waals surface area contributed by atoms with Crippen LogP contribution in [0.4, 0.5) is 8.78 Å². The van der Waals surface area contributed by atoms with Gasteiger partial charge in [-0.25, -0.2) is 8.78 Å². The first kappa shape index (κ1) is 13.8. The molecule has 1 heterocycles. The van der Waals surface area contributed by atoms with E-state index in [4.69, 9.17) is 10.5 Å². The molecule has 3 rings (SSSR count). The van der Waals surface area contributed by atoms with Gasteiger partial charge in [0.05, 0.1) is 6.04 Å². The fraction of sp³-hybridized carbons (Fsp3) is 0.176. The van der Waals surface area contributed by atoms with Crippen LogP contribution in [0.5, 0.6) is 5.75 Å². The Kier molecular flexibility index (Phi) is 3.47. The molecule has 4 heteroatoms. The summed E-state index contributed by atoms with van der Waals surface area (Å²) >= 11 is 0. The molecule has 2 aromatic rings. The number of hydrogen-bond donors (Lipinski definition) is 1. The minimum atomic E-state index is -0.332. The minimum absolute atomic E-state index is 0.319. The molecule has 0 fully saturated rings. The standard InChI is InChI=1S/C17H15F2NO/c1-10(20)17-15(11-3-2-4-13(18)7-11)9-12-8-14(19)5-6-16(12)21-17/h2-8,10H,9,20H2,1H3/t10-/m1/s1. The first-order chi connectivity index (χ1) is 10.0. The number of allylic oxidation sites excluding steroid dienone is 1. The average Bonchev–Trinajstić information content (AvgIpc) is 2.45. The van der Waals surface area contributed by atoms with Gasteiger partial charge in [0, 0.05) is 17.6 Å². The smallest absolute Gasteiger partial charge is 0.130 e. The van der Waals surface area contributed by atoms with Crippen molar-refractivity contribution >= 4 is 5.57 Å². The van der Waals surface area contributed by atoms with E-state index in [-0.39, 0.29) is 17.7 Å². The van der Waals surface area contributed by atoms with Crippen molar-refractivity contribution in [3.05, 3.63) is 71.0 Å². The maximum atomic E-state index is 13.5. The van der Waals surface area contributed by atoms with E-state index < -0.39 is 0 Å². The summed E-state index contributed by atoms with van der Waals surface area (Å²) < 4.78 is 32.7. The van der Waals surface area contributed by atoms with Gasteiger partial charge in [0.25, 0.3) is 0 Å². The highest BCUT2D eigenvalue weighted by Gasteiger charge is 2.23. The highest BCUT2D eigenvalue weighted by molar-refractivity contribution is 5.73. The van der Waals surface area contributed by atoms with Crippen LogP contribution < -0.4 is 10.5 Å². The maximum absolute atomic E-state index is 13.5. The van der Waals surface area contributed by atoms with Crippen LogP contribution in [0.3, 0.4) is 0 Å². The lowest BCUT2D eigenvalue weighted by Gasteiger charge is -2.26. The molecule has 2 nitrogen and oxygen atoms in total. The van der Waals surface area contributed by atoms with Gasteiger partial charge in [0.2, 0.25) is 0 Å². The third kappa shape index (κ3) is 2.67. The van der Waals surface area contributed by atoms with Crippen molar-refractivity contribution in [3.63, 3.8) is 0 Å². The zero-order valence-electron chi connectivity index (χ0n) is 11.6. The Morgan fingerprint density at radius 1 is 1.10 bits per heavy atom. The Labute approximate surface area is 121 Å². The molecule has 2 N–H and O–H groups in total. The topological polar surface area (TPSA) is 35.2 Å². The summed E-state index contributed by atoms with van der Waals surface area (Å²) in [6.45, 7) is 1.81. The molecule has 2 aromatic carbocycles. The van der Waals surface area contributed by atoms with Gasteiger partial charge in [-0.1, -0.05) is 12.1 Å². The lowest BCUT2D eigenvalue weighted by molar-refractivity contribution is 0.380. The van der Waals surface area contributed by atoms with Crippen LogP contribution in [-0.4, -0.2) is 6.04 Å². The Hall–Kier alpha value is -2.20. The van der Waals surface area contributed by atoms with E-state index in [9.17, 15) is 8.78 Å². The molecule has 1 aliphatic rings. The number of benzene rings is 2. The molecule has 1 atom stereocenters. The number of halogens is 2. The quantitative estimate of drug-likeness (QED) is 0.915. The van der Waals surface area contributed by atoms with Crippen molar-refractivity contribution in [1.82, 2.24) is 0 Å². The van der Waals surface area contributed by atoms with Crippen LogP contribution in [0, 0.1) is 11.6 Å². The SMILES string of the molecule is C[C@@H](N)C1=C(c2cccc(F)c2)Cc2cc(F)ccc2O1. The molecule has 0 saturated carbocycles. The molecule has 0 unspecified atom stereocenters. The zero-order chi connectivity index (χ0) is 15.0. The Morgan fingerprint density at radius 3 is 2.57 bits per heavy atom.